The molecule has 2 aromatic rings. The Morgan fingerprint density at radius 2 is 1.82 bits per heavy atom. The zero-order valence-electron chi connectivity index (χ0n) is 13.2. The molecule has 0 radical (unpaired) electrons. The number of aryl methyl sites for hydroxylation is 3. The van der Waals surface area contributed by atoms with Crippen LogP contribution in [0.25, 0.3) is 0 Å². The summed E-state index contributed by atoms with van der Waals surface area (Å²) in [5, 5.41) is 8.14. The predicted octanol–water partition coefficient (Wildman–Crippen LogP) is 2.36. The summed E-state index contributed by atoms with van der Waals surface area (Å²) in [6.45, 7) is 6.96. The van der Waals surface area contributed by atoms with Gasteiger partial charge >= 0.3 is 7.60 Å². The molecule has 0 spiro atoms. The molecule has 0 fully saturated rings. The standard InChI is InChI=1S/C15H22N3O3P/c1-11-7-14(8-12(2)13(11)3)9-18-10-15(16-17-18)5-4-6-22(19,20)21/h7-8,10H,4-6,9H2,1-3H3,(H2,19,20,21). The molecule has 0 bridgehead atoms. The van der Waals surface area contributed by atoms with Crippen LogP contribution in [0.4, 0.5) is 0 Å². The molecule has 1 heterocycles. The molecule has 7 heteroatoms. The van der Waals surface area contributed by atoms with E-state index < -0.39 is 7.60 Å². The Morgan fingerprint density at radius 3 is 2.41 bits per heavy atom. The third-order valence-corrected chi connectivity index (χ3v) is 4.70. The molecule has 120 valence electrons. The van der Waals surface area contributed by atoms with E-state index in [1.165, 1.54) is 22.3 Å². The minimum Gasteiger partial charge on any atom is -0.324 e. The summed E-state index contributed by atoms with van der Waals surface area (Å²) in [7, 11) is -3.92. The van der Waals surface area contributed by atoms with E-state index in [-0.39, 0.29) is 6.16 Å². The minimum atomic E-state index is -3.92. The molecule has 2 N–H and O–H groups in total. The topological polar surface area (TPSA) is 88.2 Å². The second kappa shape index (κ2) is 6.73. The molecule has 0 amide bonds. The lowest BCUT2D eigenvalue weighted by atomic mass is 10.0. The van der Waals surface area contributed by atoms with Gasteiger partial charge in [-0.3, -0.25) is 4.57 Å². The van der Waals surface area contributed by atoms with Gasteiger partial charge in [0, 0.05) is 6.20 Å². The largest absolute Gasteiger partial charge is 0.325 e. The van der Waals surface area contributed by atoms with Crippen molar-refractivity contribution in [2.45, 2.75) is 40.2 Å². The number of hydrogen-bond donors (Lipinski definition) is 2. The first-order valence-corrected chi connectivity index (χ1v) is 9.04. The van der Waals surface area contributed by atoms with Gasteiger partial charge in [0.25, 0.3) is 0 Å². The Bertz CT molecular complexity index is 683. The van der Waals surface area contributed by atoms with Crippen molar-refractivity contribution in [3.05, 3.63) is 46.3 Å². The zero-order chi connectivity index (χ0) is 16.3. The van der Waals surface area contributed by atoms with Gasteiger partial charge in [-0.1, -0.05) is 17.3 Å². The predicted molar refractivity (Wildman–Crippen MR) is 85.0 cm³/mol. The molecule has 22 heavy (non-hydrogen) atoms. The quantitative estimate of drug-likeness (QED) is 0.797. The van der Waals surface area contributed by atoms with E-state index in [0.717, 1.165) is 5.69 Å². The van der Waals surface area contributed by atoms with Gasteiger partial charge in [-0.15, -0.1) is 5.10 Å². The van der Waals surface area contributed by atoms with Crippen LogP contribution in [-0.4, -0.2) is 30.9 Å². The first-order chi connectivity index (χ1) is 10.2. The lowest BCUT2D eigenvalue weighted by Crippen LogP contribution is -2.02. The van der Waals surface area contributed by atoms with Gasteiger partial charge in [0.05, 0.1) is 18.4 Å². The van der Waals surface area contributed by atoms with E-state index in [1.807, 2.05) is 6.20 Å². The van der Waals surface area contributed by atoms with Crippen molar-refractivity contribution >= 4 is 7.60 Å². The molecule has 0 saturated heterocycles. The van der Waals surface area contributed by atoms with Crippen LogP contribution in [0.2, 0.25) is 0 Å². The highest BCUT2D eigenvalue weighted by atomic mass is 31.2. The summed E-state index contributed by atoms with van der Waals surface area (Å²) < 4.78 is 12.6. The Hall–Kier alpha value is -1.49. The van der Waals surface area contributed by atoms with Crippen LogP contribution in [0.5, 0.6) is 0 Å². The maximum atomic E-state index is 10.8. The van der Waals surface area contributed by atoms with E-state index in [0.29, 0.717) is 19.4 Å². The van der Waals surface area contributed by atoms with Crippen LogP contribution >= 0.6 is 7.60 Å². The van der Waals surface area contributed by atoms with Crippen molar-refractivity contribution in [2.75, 3.05) is 6.16 Å². The van der Waals surface area contributed by atoms with Gasteiger partial charge in [0.2, 0.25) is 0 Å². The molecule has 0 atom stereocenters. The highest BCUT2D eigenvalue weighted by Gasteiger charge is 2.12. The fourth-order valence-corrected chi connectivity index (χ4v) is 2.97. The average molecular weight is 323 g/mol. The second-order valence-electron chi connectivity index (χ2n) is 5.75. The van der Waals surface area contributed by atoms with Crippen molar-refractivity contribution in [3.8, 4) is 0 Å². The van der Waals surface area contributed by atoms with Crippen molar-refractivity contribution < 1.29 is 14.4 Å². The van der Waals surface area contributed by atoms with Gasteiger partial charge in [0.1, 0.15) is 0 Å². The molecular weight excluding hydrogens is 301 g/mol. The number of nitrogens with zero attached hydrogens (tertiary/aromatic N) is 3. The summed E-state index contributed by atoms with van der Waals surface area (Å²) in [5.41, 5.74) is 5.76. The molecule has 0 unspecified atom stereocenters. The molecule has 0 aliphatic rings. The van der Waals surface area contributed by atoms with Crippen LogP contribution in [0.15, 0.2) is 18.3 Å². The highest BCUT2D eigenvalue weighted by molar-refractivity contribution is 7.51. The zero-order valence-corrected chi connectivity index (χ0v) is 14.0. The van der Waals surface area contributed by atoms with Gasteiger partial charge in [-0.05, 0) is 55.9 Å². The smallest absolute Gasteiger partial charge is 0.324 e. The van der Waals surface area contributed by atoms with Gasteiger partial charge in [-0.25, -0.2) is 4.68 Å². The lowest BCUT2D eigenvalue weighted by Gasteiger charge is -2.08. The third kappa shape index (κ3) is 4.77. The molecule has 0 aliphatic carbocycles. The van der Waals surface area contributed by atoms with Crippen molar-refractivity contribution in [1.82, 2.24) is 15.0 Å². The minimum absolute atomic E-state index is 0.115. The summed E-state index contributed by atoms with van der Waals surface area (Å²) in [6, 6.07) is 4.30. The molecule has 6 nitrogen and oxygen atoms in total. The van der Waals surface area contributed by atoms with Gasteiger partial charge in [-0.2, -0.15) is 0 Å². The molecular formula is C15H22N3O3P. The van der Waals surface area contributed by atoms with Crippen molar-refractivity contribution in [3.63, 3.8) is 0 Å². The lowest BCUT2D eigenvalue weighted by molar-refractivity contribution is 0.371. The Labute approximate surface area is 130 Å². The molecule has 0 saturated carbocycles. The molecule has 1 aromatic carbocycles. The van der Waals surface area contributed by atoms with Crippen LogP contribution in [0.1, 0.15) is 34.4 Å². The van der Waals surface area contributed by atoms with E-state index in [4.69, 9.17) is 9.79 Å². The Balaban J connectivity index is 1.99. The fourth-order valence-electron chi connectivity index (χ4n) is 2.40. The van der Waals surface area contributed by atoms with Gasteiger partial charge < -0.3 is 9.79 Å². The summed E-state index contributed by atoms with van der Waals surface area (Å²) in [5.74, 6) is 0. The maximum absolute atomic E-state index is 10.8. The third-order valence-electron chi connectivity index (χ3n) is 3.80. The van der Waals surface area contributed by atoms with Gasteiger partial charge in [0.15, 0.2) is 0 Å². The summed E-state index contributed by atoms with van der Waals surface area (Å²) >= 11 is 0. The molecule has 2 rings (SSSR count). The van der Waals surface area contributed by atoms with Crippen LogP contribution in [-0.2, 0) is 17.5 Å². The van der Waals surface area contributed by atoms with Crippen molar-refractivity contribution in [2.24, 2.45) is 0 Å². The number of benzene rings is 1. The van der Waals surface area contributed by atoms with E-state index in [9.17, 15) is 4.57 Å². The fraction of sp³-hybridized carbons (Fsp3) is 0.467. The number of aromatic nitrogens is 3. The summed E-state index contributed by atoms with van der Waals surface area (Å²) in [6.07, 6.45) is 2.66. The summed E-state index contributed by atoms with van der Waals surface area (Å²) in [4.78, 5) is 17.7. The highest BCUT2D eigenvalue weighted by Crippen LogP contribution is 2.35. The van der Waals surface area contributed by atoms with E-state index in [2.05, 4.69) is 43.2 Å². The molecule has 1 aromatic heterocycles. The maximum Gasteiger partial charge on any atom is 0.325 e. The Morgan fingerprint density at radius 1 is 1.18 bits per heavy atom. The van der Waals surface area contributed by atoms with Crippen LogP contribution in [0.3, 0.4) is 0 Å². The number of rotatable bonds is 6. The first kappa shape index (κ1) is 16.9. The van der Waals surface area contributed by atoms with E-state index >= 15 is 0 Å². The van der Waals surface area contributed by atoms with Crippen molar-refractivity contribution in [1.29, 1.82) is 0 Å². The second-order valence-corrected chi connectivity index (χ2v) is 7.53. The van der Waals surface area contributed by atoms with E-state index in [1.54, 1.807) is 4.68 Å². The monoisotopic (exact) mass is 323 g/mol. The molecule has 0 aliphatic heterocycles. The SMILES string of the molecule is Cc1cc(Cn2cc(CCCP(=O)(O)O)nn2)cc(C)c1C. The normalized spacial score (nSPS) is 11.9. The van der Waals surface area contributed by atoms with Crippen LogP contribution < -0.4 is 0 Å². The Kier molecular flexibility index (Phi) is 5.16. The first-order valence-electron chi connectivity index (χ1n) is 7.25. The van der Waals surface area contributed by atoms with Crippen LogP contribution in [0, 0.1) is 20.8 Å². The number of hydrogen-bond acceptors (Lipinski definition) is 3. The average Bonchev–Trinajstić information content (AvgIpc) is 2.82.